The number of fused-ring (bicyclic) bond motifs is 2. The maximum Gasteiger partial charge on any atom is 0.181 e. The molecular weight excluding hydrogens is 564 g/mol. The van der Waals surface area contributed by atoms with Crippen LogP contribution in [0.25, 0.3) is 22.3 Å². The molecule has 10 N–H and O–H groups in total. The summed E-state index contributed by atoms with van der Waals surface area (Å²) in [6, 6.07) is 0. The van der Waals surface area contributed by atoms with Gasteiger partial charge in [0.25, 0.3) is 0 Å². The largest absolute Gasteiger partial charge is 0.394 e. The quantitative estimate of drug-likeness (QED) is 0.101. The smallest absolute Gasteiger partial charge is 0.181 e. The average Bonchev–Trinajstić information content (AvgIpc) is 3.72. The van der Waals surface area contributed by atoms with Gasteiger partial charge >= 0.3 is 0 Å². The molecule has 228 valence electrons. The fourth-order valence-corrected chi connectivity index (χ4v) is 4.99. The van der Waals surface area contributed by atoms with E-state index in [2.05, 4.69) is 29.9 Å². The highest BCUT2D eigenvalue weighted by Crippen LogP contribution is 2.40. The lowest BCUT2D eigenvalue weighted by Gasteiger charge is -2.27. The maximum atomic E-state index is 10.4. The third-order valence-corrected chi connectivity index (χ3v) is 7.30. The van der Waals surface area contributed by atoms with Crippen LogP contribution in [-0.4, -0.2) is 129 Å². The number of aliphatic hydroxyl groups is 6. The van der Waals surface area contributed by atoms with E-state index in [1.165, 1.54) is 48.3 Å². The van der Waals surface area contributed by atoms with Gasteiger partial charge in [0.2, 0.25) is 0 Å². The molecule has 0 aromatic carbocycles. The molecule has 8 atom stereocenters. The number of aromatic nitrogens is 8. The van der Waals surface area contributed by atoms with Crippen LogP contribution >= 0.6 is 0 Å². The van der Waals surface area contributed by atoms with Gasteiger partial charge < -0.3 is 40.1 Å². The normalized spacial score (nSPS) is 32.7. The number of hydrogen-bond donors (Lipinski definition) is 10. The Morgan fingerprint density at radius 2 is 1.10 bits per heavy atom. The van der Waals surface area contributed by atoms with Gasteiger partial charge in [0.15, 0.2) is 46.4 Å². The number of aliphatic hydroxyl groups excluding tert-OH is 4. The van der Waals surface area contributed by atoms with Crippen LogP contribution in [0.3, 0.4) is 0 Å². The zero-order chi connectivity index (χ0) is 30.4. The van der Waals surface area contributed by atoms with Crippen LogP contribution in [0.5, 0.6) is 0 Å². The second-order valence-corrected chi connectivity index (χ2v) is 10.1. The number of imidazole rings is 2. The van der Waals surface area contributed by atoms with E-state index in [4.69, 9.17) is 19.9 Å². The van der Waals surface area contributed by atoms with Crippen LogP contribution in [-0.2, 0) is 9.47 Å². The van der Waals surface area contributed by atoms with Crippen molar-refractivity contribution in [3.8, 4) is 0 Å². The first-order valence-corrected chi connectivity index (χ1v) is 12.5. The first-order chi connectivity index (χ1) is 20.0. The Morgan fingerprint density at radius 3 is 1.40 bits per heavy atom. The average molecular weight is 595 g/mol. The van der Waals surface area contributed by atoms with Crippen LogP contribution in [0.15, 0.2) is 25.3 Å². The fourth-order valence-electron chi connectivity index (χ4n) is 4.99. The molecule has 0 radical (unpaired) electrons. The van der Waals surface area contributed by atoms with Crippen molar-refractivity contribution in [1.82, 2.24) is 39.0 Å². The molecule has 0 unspecified atom stereocenters. The summed E-state index contributed by atoms with van der Waals surface area (Å²) in [5.41, 5.74) is 1.69. The van der Waals surface area contributed by atoms with E-state index in [9.17, 15) is 30.6 Å². The predicted octanol–water partition coefficient (Wildman–Crippen LogP) is -2.74. The van der Waals surface area contributed by atoms with E-state index in [1.807, 2.05) is 11.0 Å². The number of nitrogens with one attached hydrogen (secondary N) is 2. The first-order valence-electron chi connectivity index (χ1n) is 12.5. The highest BCUT2D eigenvalue weighted by atomic mass is 16.6. The van der Waals surface area contributed by atoms with Crippen LogP contribution < -0.4 is 11.0 Å². The SMILES string of the molecule is C[C@]1(O)[C@H](O)[C@@H](CO)O[C@@H]1n1cnc2c(NO)ncnc21.C[C@]1(O)[C@H](O)[C@@H](CO)O[C@H]1n1cnc2c(NO)ncnc21. The minimum atomic E-state index is -1.64. The van der Waals surface area contributed by atoms with Gasteiger partial charge in [0, 0.05) is 0 Å². The van der Waals surface area contributed by atoms with Crippen molar-refractivity contribution in [3.05, 3.63) is 25.3 Å². The first kappa shape index (κ1) is 29.8. The summed E-state index contributed by atoms with van der Waals surface area (Å²) in [7, 11) is 0. The molecule has 20 heteroatoms. The van der Waals surface area contributed by atoms with E-state index < -0.39 is 61.3 Å². The monoisotopic (exact) mass is 594 g/mol. The van der Waals surface area contributed by atoms with Crippen LogP contribution in [0.1, 0.15) is 26.3 Å². The third-order valence-electron chi connectivity index (χ3n) is 7.30. The molecule has 6 heterocycles. The van der Waals surface area contributed by atoms with Crippen LogP contribution in [0.2, 0.25) is 0 Å². The van der Waals surface area contributed by atoms with E-state index in [-0.39, 0.29) is 22.7 Å². The molecule has 2 fully saturated rings. The van der Waals surface area contributed by atoms with Gasteiger partial charge in [0.05, 0.1) is 25.9 Å². The summed E-state index contributed by atoms with van der Waals surface area (Å²) in [5.74, 6) is 0.214. The van der Waals surface area contributed by atoms with Gasteiger partial charge in [-0.25, -0.2) is 29.9 Å². The summed E-state index contributed by atoms with van der Waals surface area (Å²) in [4.78, 5) is 23.8. The van der Waals surface area contributed by atoms with Gasteiger partial charge in [-0.2, -0.15) is 0 Å². The van der Waals surface area contributed by atoms with Crippen molar-refractivity contribution in [3.63, 3.8) is 0 Å². The number of nitrogens with zero attached hydrogens (tertiary/aromatic N) is 8. The van der Waals surface area contributed by atoms with E-state index in [1.54, 1.807) is 0 Å². The van der Waals surface area contributed by atoms with Crippen LogP contribution in [0.4, 0.5) is 11.6 Å². The fraction of sp³-hybridized carbons (Fsp3) is 0.545. The number of ether oxygens (including phenoxy) is 2. The summed E-state index contributed by atoms with van der Waals surface area (Å²) < 4.78 is 13.8. The molecule has 2 saturated heterocycles. The summed E-state index contributed by atoms with van der Waals surface area (Å²) in [6.45, 7) is 1.93. The molecular formula is C22H30N10O10. The van der Waals surface area contributed by atoms with Crippen molar-refractivity contribution in [2.24, 2.45) is 0 Å². The number of rotatable bonds is 6. The molecule has 0 bridgehead atoms. The summed E-state index contributed by atoms with van der Waals surface area (Å²) in [6.07, 6.45) is -1.21. The minimum absolute atomic E-state index is 0.107. The molecule has 42 heavy (non-hydrogen) atoms. The zero-order valence-electron chi connectivity index (χ0n) is 22.2. The van der Waals surface area contributed by atoms with Gasteiger partial charge in [-0.3, -0.25) is 30.5 Å². The van der Waals surface area contributed by atoms with Crippen molar-refractivity contribution < 1.29 is 50.5 Å². The summed E-state index contributed by atoms with van der Waals surface area (Å²) in [5, 5.41) is 77.3. The molecule has 20 nitrogen and oxygen atoms in total. The molecule has 0 aliphatic carbocycles. The Morgan fingerprint density at radius 1 is 0.714 bits per heavy atom. The Labute approximate surface area is 235 Å². The molecule has 0 amide bonds. The Balaban J connectivity index is 0.000000168. The number of anilines is 2. The minimum Gasteiger partial charge on any atom is -0.394 e. The van der Waals surface area contributed by atoms with Gasteiger partial charge in [-0.05, 0) is 13.8 Å². The highest BCUT2D eigenvalue weighted by molar-refractivity contribution is 5.82. The lowest BCUT2D eigenvalue weighted by atomic mass is 9.96. The Kier molecular flexibility index (Phi) is 7.93. The molecule has 0 spiro atoms. The lowest BCUT2D eigenvalue weighted by molar-refractivity contribution is -0.0950. The predicted molar refractivity (Wildman–Crippen MR) is 137 cm³/mol. The Bertz CT molecular complexity index is 1430. The van der Waals surface area contributed by atoms with Crippen molar-refractivity contribution >= 4 is 34.0 Å². The standard InChI is InChI=1S/2C11H15N5O5/c2*1-11(19)7(18)5(2-17)21-10(11)16-4-14-6-8(15-20)12-3-13-9(6)16/h2*3-5,7,10,17-20H,2H2,1H3,(H,12,13,15)/t5-,7-,10+,11+;5-,7-,10-,11+/m11/s1. The van der Waals surface area contributed by atoms with Crippen molar-refractivity contribution in [2.75, 3.05) is 24.2 Å². The molecule has 0 saturated carbocycles. The zero-order valence-corrected chi connectivity index (χ0v) is 22.2. The number of hydrogen-bond acceptors (Lipinski definition) is 18. The van der Waals surface area contributed by atoms with Gasteiger partial charge in [0.1, 0.15) is 48.3 Å². The maximum absolute atomic E-state index is 10.4. The molecule has 4 aromatic heterocycles. The van der Waals surface area contributed by atoms with E-state index in [0.29, 0.717) is 11.3 Å². The van der Waals surface area contributed by atoms with Crippen molar-refractivity contribution in [1.29, 1.82) is 0 Å². The Hall–Kier alpha value is -3.70. The molecule has 2 aliphatic heterocycles. The van der Waals surface area contributed by atoms with Gasteiger partial charge in [-0.15, -0.1) is 0 Å². The van der Waals surface area contributed by atoms with Gasteiger partial charge in [-0.1, -0.05) is 0 Å². The van der Waals surface area contributed by atoms with Crippen molar-refractivity contribution in [2.45, 2.75) is 61.9 Å². The molecule has 4 aromatic rings. The molecule has 6 rings (SSSR count). The second kappa shape index (κ2) is 11.2. The van der Waals surface area contributed by atoms with Crippen LogP contribution in [0, 0.1) is 0 Å². The van der Waals surface area contributed by atoms with E-state index in [0.717, 1.165) is 0 Å². The highest BCUT2D eigenvalue weighted by Gasteiger charge is 2.54. The topological polar surface area (TPSA) is 292 Å². The third kappa shape index (κ3) is 4.68. The summed E-state index contributed by atoms with van der Waals surface area (Å²) >= 11 is 0. The lowest BCUT2D eigenvalue weighted by Crippen LogP contribution is -2.44. The van der Waals surface area contributed by atoms with E-state index >= 15 is 0 Å². The molecule has 2 aliphatic rings. The second-order valence-electron chi connectivity index (χ2n) is 10.1.